The summed E-state index contributed by atoms with van der Waals surface area (Å²) < 4.78 is 162. The second-order valence-corrected chi connectivity index (χ2v) is 13.0. The molecule has 0 aliphatic heterocycles. The van der Waals surface area contributed by atoms with Gasteiger partial charge in [0.25, 0.3) is 0 Å². The smallest absolute Gasteiger partial charge is 0.257 e. The Bertz CT molecular complexity index is 1180. The molecule has 0 spiro atoms. The molecule has 5 atom stereocenters. The highest BCUT2D eigenvalue weighted by molar-refractivity contribution is 7.87. The molecule has 2 aliphatic rings. The van der Waals surface area contributed by atoms with Crippen molar-refractivity contribution in [2.24, 2.45) is 5.92 Å². The molecule has 3 rings (SSSR count). The first-order valence-corrected chi connectivity index (χ1v) is 15.1. The van der Waals surface area contributed by atoms with Gasteiger partial charge in [0.15, 0.2) is 0 Å². The van der Waals surface area contributed by atoms with E-state index in [1.54, 1.807) is 0 Å². The van der Waals surface area contributed by atoms with Crippen LogP contribution < -0.4 is 0 Å². The van der Waals surface area contributed by atoms with Crippen molar-refractivity contribution in [2.75, 3.05) is 0 Å². The Kier molecular flexibility index (Phi) is 9.65. The molecule has 6 nitrogen and oxygen atoms in total. The van der Waals surface area contributed by atoms with Crippen LogP contribution in [0.2, 0.25) is 0 Å². The molecule has 0 saturated heterocycles. The number of halogens is 8. The highest BCUT2D eigenvalue weighted by atomic mass is 32.2. The Labute approximate surface area is 221 Å². The molecule has 0 N–H and O–H groups in total. The van der Waals surface area contributed by atoms with Gasteiger partial charge in [0.05, 0.1) is 0 Å². The molecule has 224 valence electrons. The summed E-state index contributed by atoms with van der Waals surface area (Å²) in [7, 11) is -12.9. The van der Waals surface area contributed by atoms with Gasteiger partial charge in [0, 0.05) is 12.3 Å². The summed E-state index contributed by atoms with van der Waals surface area (Å²) in [6.45, 7) is 2.08. The number of hydrogen-bond acceptors (Lipinski definition) is 6. The lowest BCUT2D eigenvalue weighted by atomic mass is 9.75. The highest BCUT2D eigenvalue weighted by Crippen LogP contribution is 2.44. The Morgan fingerprint density at radius 3 is 1.77 bits per heavy atom. The molecule has 1 aromatic rings. The van der Waals surface area contributed by atoms with Gasteiger partial charge in [0.1, 0.15) is 24.6 Å². The molecule has 0 heterocycles. The van der Waals surface area contributed by atoms with E-state index < -0.39 is 68.1 Å². The van der Waals surface area contributed by atoms with E-state index in [2.05, 4.69) is 15.3 Å². The standard InChI is InChI=1S/C23H28F8O6S2/c1-2-3-13-4-6-14(7-5-13)15-8-10-16(11-9-15)19-20(25)18(36-38(32,33)22(26,27)28)12-17(24)21(19)37-39(34,35)23(29,30)31/h8-11,13-14,17-21H,2-7,12H2,1H3/t13?,14?,17-,18-,19+,20+,21+/m1/s1. The Morgan fingerprint density at radius 2 is 1.28 bits per heavy atom. The lowest BCUT2D eigenvalue weighted by molar-refractivity contribution is -0.0890. The predicted octanol–water partition coefficient (Wildman–Crippen LogP) is 6.39. The average Bonchev–Trinajstić information content (AvgIpc) is 2.82. The van der Waals surface area contributed by atoms with E-state index >= 15 is 4.39 Å². The van der Waals surface area contributed by atoms with E-state index in [4.69, 9.17) is 0 Å². The molecule has 1 aromatic carbocycles. The van der Waals surface area contributed by atoms with Crippen LogP contribution in [0, 0.1) is 5.92 Å². The maximum Gasteiger partial charge on any atom is 0.523 e. The summed E-state index contributed by atoms with van der Waals surface area (Å²) in [5.41, 5.74) is -11.5. The first-order valence-electron chi connectivity index (χ1n) is 12.2. The number of hydrogen-bond donors (Lipinski definition) is 0. The number of benzene rings is 1. The maximum absolute atomic E-state index is 15.5. The van der Waals surface area contributed by atoms with Crippen LogP contribution in [-0.4, -0.2) is 52.4 Å². The zero-order valence-electron chi connectivity index (χ0n) is 20.6. The predicted molar refractivity (Wildman–Crippen MR) is 123 cm³/mol. The molecule has 2 saturated carbocycles. The third kappa shape index (κ3) is 7.22. The highest BCUT2D eigenvalue weighted by Gasteiger charge is 2.57. The van der Waals surface area contributed by atoms with Crippen LogP contribution in [0.1, 0.15) is 74.8 Å². The summed E-state index contributed by atoms with van der Waals surface area (Å²) in [6, 6.07) is 5.36. The number of alkyl halides is 8. The molecular formula is C23H28F8O6S2. The van der Waals surface area contributed by atoms with Crippen molar-refractivity contribution in [1.82, 2.24) is 0 Å². The monoisotopic (exact) mass is 616 g/mol. The summed E-state index contributed by atoms with van der Waals surface area (Å²) in [4.78, 5) is 0. The van der Waals surface area contributed by atoms with E-state index in [-0.39, 0.29) is 11.5 Å². The van der Waals surface area contributed by atoms with E-state index in [1.165, 1.54) is 24.3 Å². The zero-order chi connectivity index (χ0) is 29.4. The molecule has 0 amide bonds. The second-order valence-electron chi connectivity index (χ2n) is 9.89. The third-order valence-electron chi connectivity index (χ3n) is 7.26. The molecule has 0 radical (unpaired) electrons. The minimum Gasteiger partial charge on any atom is -0.257 e. The molecular weight excluding hydrogens is 588 g/mol. The van der Waals surface area contributed by atoms with Crippen LogP contribution in [0.5, 0.6) is 0 Å². The summed E-state index contributed by atoms with van der Waals surface area (Å²) in [6.07, 6.45) is -6.73. The minimum absolute atomic E-state index is 0.110. The molecule has 0 bridgehead atoms. The van der Waals surface area contributed by atoms with E-state index in [1.807, 2.05) is 0 Å². The first kappa shape index (κ1) is 32.0. The SMILES string of the molecule is CCCC1CCC(c2ccc([C@H]3[C@@H](F)[C@H](OS(=O)(=O)C(F)(F)F)C[C@@H](F)[C@@H]3OS(=O)(=O)C(F)(F)F)cc2)CC1. The lowest BCUT2D eigenvalue weighted by Crippen LogP contribution is -2.52. The van der Waals surface area contributed by atoms with Gasteiger partial charge < -0.3 is 0 Å². The van der Waals surface area contributed by atoms with Crippen LogP contribution in [-0.2, 0) is 28.6 Å². The van der Waals surface area contributed by atoms with Gasteiger partial charge in [-0.2, -0.15) is 43.2 Å². The third-order valence-corrected chi connectivity index (χ3v) is 9.37. The van der Waals surface area contributed by atoms with Crippen molar-refractivity contribution in [2.45, 2.75) is 99.3 Å². The van der Waals surface area contributed by atoms with Crippen molar-refractivity contribution in [3.63, 3.8) is 0 Å². The average molecular weight is 617 g/mol. The molecule has 39 heavy (non-hydrogen) atoms. The van der Waals surface area contributed by atoms with Crippen molar-refractivity contribution >= 4 is 20.2 Å². The van der Waals surface area contributed by atoms with E-state index in [0.29, 0.717) is 5.92 Å². The molecule has 0 unspecified atom stereocenters. The fourth-order valence-corrected chi connectivity index (χ4v) is 6.57. The van der Waals surface area contributed by atoms with Crippen LogP contribution >= 0.6 is 0 Å². The molecule has 2 fully saturated rings. The van der Waals surface area contributed by atoms with Crippen LogP contribution in [0.3, 0.4) is 0 Å². The minimum atomic E-state index is -6.45. The maximum atomic E-state index is 15.5. The molecule has 2 aliphatic carbocycles. The van der Waals surface area contributed by atoms with Gasteiger partial charge in [-0.25, -0.2) is 8.78 Å². The van der Waals surface area contributed by atoms with Crippen molar-refractivity contribution in [3.05, 3.63) is 35.4 Å². The van der Waals surface area contributed by atoms with Crippen molar-refractivity contribution in [3.8, 4) is 0 Å². The topological polar surface area (TPSA) is 86.7 Å². The fourth-order valence-electron chi connectivity index (χ4n) is 5.31. The summed E-state index contributed by atoms with van der Waals surface area (Å²) >= 11 is 0. The van der Waals surface area contributed by atoms with Crippen molar-refractivity contribution < 1.29 is 60.3 Å². The zero-order valence-corrected chi connectivity index (χ0v) is 22.2. The Balaban J connectivity index is 1.93. The lowest BCUT2D eigenvalue weighted by Gasteiger charge is -2.40. The number of rotatable bonds is 8. The van der Waals surface area contributed by atoms with Gasteiger partial charge in [-0.1, -0.05) is 44.0 Å². The van der Waals surface area contributed by atoms with Gasteiger partial charge in [-0.15, -0.1) is 0 Å². The van der Waals surface area contributed by atoms with Crippen LogP contribution in [0.15, 0.2) is 24.3 Å². The van der Waals surface area contributed by atoms with E-state index in [0.717, 1.165) is 44.1 Å². The molecule has 16 heteroatoms. The van der Waals surface area contributed by atoms with Gasteiger partial charge in [-0.05, 0) is 48.6 Å². The van der Waals surface area contributed by atoms with Crippen molar-refractivity contribution in [1.29, 1.82) is 0 Å². The normalized spacial score (nSPS) is 31.3. The van der Waals surface area contributed by atoms with Gasteiger partial charge in [-0.3, -0.25) is 8.37 Å². The van der Waals surface area contributed by atoms with E-state index in [9.17, 15) is 47.6 Å². The fraction of sp³-hybridized carbons (Fsp3) is 0.739. The molecule has 0 aromatic heterocycles. The second kappa shape index (κ2) is 11.8. The quantitative estimate of drug-likeness (QED) is 0.191. The largest absolute Gasteiger partial charge is 0.523 e. The Morgan fingerprint density at radius 1 is 0.795 bits per heavy atom. The Hall–Kier alpha value is -1.52. The van der Waals surface area contributed by atoms with Gasteiger partial charge in [0.2, 0.25) is 0 Å². The van der Waals surface area contributed by atoms with Gasteiger partial charge >= 0.3 is 31.3 Å². The summed E-state index contributed by atoms with van der Waals surface area (Å²) in [5.74, 6) is -1.55. The summed E-state index contributed by atoms with van der Waals surface area (Å²) in [5, 5.41) is 0. The first-order chi connectivity index (χ1) is 17.9. The van der Waals surface area contributed by atoms with Crippen LogP contribution in [0.25, 0.3) is 0 Å². The van der Waals surface area contributed by atoms with Crippen LogP contribution in [0.4, 0.5) is 35.1 Å².